The molecule has 1 aliphatic heterocycles. The number of pyridine rings is 1. The quantitative estimate of drug-likeness (QED) is 0.470. The molecule has 8 heteroatoms. The van der Waals surface area contributed by atoms with Gasteiger partial charge >= 0.3 is 0 Å². The van der Waals surface area contributed by atoms with Crippen molar-refractivity contribution in [1.82, 2.24) is 14.5 Å². The number of anilines is 1. The number of hydrogen-bond acceptors (Lipinski definition) is 4. The topological polar surface area (TPSA) is 54.2 Å². The van der Waals surface area contributed by atoms with E-state index < -0.39 is 0 Å². The molecule has 1 aliphatic rings. The number of halogens is 2. The van der Waals surface area contributed by atoms with Crippen LogP contribution < -0.4 is 4.90 Å². The molecule has 5 nitrogen and oxygen atoms in total. The second-order valence-corrected chi connectivity index (χ2v) is 7.22. The summed E-state index contributed by atoms with van der Waals surface area (Å²) in [7, 11) is 0. The van der Waals surface area contributed by atoms with Crippen molar-refractivity contribution in [3.05, 3.63) is 17.4 Å². The van der Waals surface area contributed by atoms with E-state index >= 15 is 0 Å². The predicted octanol–water partition coefficient (Wildman–Crippen LogP) is 2.69. The summed E-state index contributed by atoms with van der Waals surface area (Å²) in [6.07, 6.45) is 1.98. The number of nitrogens with zero attached hydrogens (tertiary/aromatic N) is 4. The Bertz CT molecular complexity index is 612. The Morgan fingerprint density at radius 1 is 1.53 bits per heavy atom. The van der Waals surface area contributed by atoms with Gasteiger partial charge < -0.3 is 10.0 Å². The molecule has 0 aromatic carbocycles. The van der Waals surface area contributed by atoms with E-state index in [1.54, 1.807) is 6.20 Å². The summed E-state index contributed by atoms with van der Waals surface area (Å²) in [6, 6.07) is 1.84. The molecule has 2 aromatic heterocycles. The van der Waals surface area contributed by atoms with E-state index in [1.807, 2.05) is 10.5 Å². The Labute approximate surface area is 130 Å². The van der Waals surface area contributed by atoms with Gasteiger partial charge in [-0.2, -0.15) is 0 Å². The van der Waals surface area contributed by atoms with E-state index in [-0.39, 0.29) is 12.0 Å². The van der Waals surface area contributed by atoms with Crippen molar-refractivity contribution in [3.8, 4) is 0 Å². The minimum Gasteiger partial charge on any atom is -0.391 e. The molecule has 1 fully saturated rings. The lowest BCUT2D eigenvalue weighted by molar-refractivity contribution is 0.157. The van der Waals surface area contributed by atoms with Crippen LogP contribution in [0.25, 0.3) is 10.9 Å². The van der Waals surface area contributed by atoms with Crippen LogP contribution in [0.15, 0.2) is 12.3 Å². The van der Waals surface area contributed by atoms with Crippen molar-refractivity contribution in [1.29, 1.82) is 0 Å². The highest BCUT2D eigenvalue weighted by molar-refractivity contribution is 14.2. The normalized spacial score (nSPS) is 24.1. The van der Waals surface area contributed by atoms with E-state index in [0.29, 0.717) is 18.1 Å². The van der Waals surface area contributed by atoms with Gasteiger partial charge in [-0.3, -0.25) is 0 Å². The van der Waals surface area contributed by atoms with Crippen LogP contribution in [0.1, 0.15) is 6.92 Å². The average molecular weight is 411 g/mol. The molecule has 1 saturated heterocycles. The number of hydrogen-bond donors (Lipinski definition) is 1. The van der Waals surface area contributed by atoms with Gasteiger partial charge in [0, 0.05) is 31.3 Å². The molecule has 0 spiro atoms. The standard InChI is InChI=1S/C11H13ClIN4OP/c1-6-4-16(5-9(6)18)11-7-3-14-10(12)2-8(7)17(15-11)19-13/h2-3,6,9,18-19H,4-5H2,1H3. The minimum absolute atomic E-state index is 0.266. The van der Waals surface area contributed by atoms with Crippen molar-refractivity contribution in [3.63, 3.8) is 0 Å². The zero-order valence-corrected chi connectivity index (χ0v) is 14.1. The molecule has 1 N–H and O–H groups in total. The lowest BCUT2D eigenvalue weighted by atomic mass is 10.1. The van der Waals surface area contributed by atoms with Gasteiger partial charge in [0.2, 0.25) is 0 Å². The molecule has 3 unspecified atom stereocenters. The maximum atomic E-state index is 9.90. The molecule has 0 saturated carbocycles. The van der Waals surface area contributed by atoms with Gasteiger partial charge in [-0.15, -0.1) is 5.10 Å². The Morgan fingerprint density at radius 3 is 2.95 bits per heavy atom. The summed E-state index contributed by atoms with van der Waals surface area (Å²) in [4.78, 5) is 6.27. The number of aliphatic hydroxyl groups is 1. The van der Waals surface area contributed by atoms with E-state index in [9.17, 15) is 5.11 Å². The lowest BCUT2D eigenvalue weighted by Crippen LogP contribution is -2.21. The number of β-amino-alcohol motifs (C(OH)–C–C–N with tert-alkyl or cyclic N) is 1. The van der Waals surface area contributed by atoms with Gasteiger partial charge in [0.1, 0.15) is 5.15 Å². The third-order valence-corrected chi connectivity index (χ3v) is 5.54. The molecule has 3 atom stereocenters. The maximum absolute atomic E-state index is 9.90. The van der Waals surface area contributed by atoms with Gasteiger partial charge in [0.15, 0.2) is 5.82 Å². The molecule has 3 heterocycles. The second-order valence-electron chi connectivity index (χ2n) is 4.79. The molecule has 2 aromatic rings. The number of aromatic nitrogens is 3. The highest BCUT2D eigenvalue weighted by Crippen LogP contribution is 2.36. The van der Waals surface area contributed by atoms with Crippen LogP contribution in [-0.4, -0.2) is 38.8 Å². The second kappa shape index (κ2) is 5.31. The Hall–Kier alpha value is -0.170. The first-order valence-corrected chi connectivity index (χ1v) is 10.4. The van der Waals surface area contributed by atoms with Gasteiger partial charge in [-0.25, -0.2) is 9.44 Å². The Kier molecular flexibility index (Phi) is 3.86. The zero-order chi connectivity index (χ0) is 13.6. The predicted molar refractivity (Wildman–Crippen MR) is 87.7 cm³/mol. The molecule has 0 bridgehead atoms. The summed E-state index contributed by atoms with van der Waals surface area (Å²) in [5.41, 5.74) is 0.997. The van der Waals surface area contributed by atoms with Gasteiger partial charge in [-0.05, 0) is 22.0 Å². The zero-order valence-electron chi connectivity index (χ0n) is 10.2. The van der Waals surface area contributed by atoms with Gasteiger partial charge in [0.05, 0.1) is 23.4 Å². The van der Waals surface area contributed by atoms with Crippen molar-refractivity contribution in [2.75, 3.05) is 18.0 Å². The summed E-state index contributed by atoms with van der Waals surface area (Å²) in [5, 5.41) is 16.0. The lowest BCUT2D eigenvalue weighted by Gasteiger charge is -2.14. The molecule has 0 amide bonds. The summed E-state index contributed by atoms with van der Waals surface area (Å²) in [5.74, 6) is 1.16. The van der Waals surface area contributed by atoms with Crippen LogP contribution in [0.2, 0.25) is 5.15 Å². The number of fused-ring (bicyclic) bond motifs is 1. The monoisotopic (exact) mass is 410 g/mol. The maximum Gasteiger partial charge on any atom is 0.160 e. The third kappa shape index (κ3) is 2.44. The fourth-order valence-electron chi connectivity index (χ4n) is 2.39. The molecule has 102 valence electrons. The van der Waals surface area contributed by atoms with E-state index in [4.69, 9.17) is 11.6 Å². The largest absolute Gasteiger partial charge is 0.391 e. The number of rotatable bonds is 2. The van der Waals surface area contributed by atoms with E-state index in [2.05, 4.69) is 43.9 Å². The Morgan fingerprint density at radius 2 is 2.32 bits per heavy atom. The van der Waals surface area contributed by atoms with Gasteiger partial charge in [-0.1, -0.05) is 18.5 Å². The van der Waals surface area contributed by atoms with Crippen molar-refractivity contribution in [2.45, 2.75) is 13.0 Å². The van der Waals surface area contributed by atoms with Crippen LogP contribution in [-0.2, 0) is 0 Å². The first-order chi connectivity index (χ1) is 9.10. The van der Waals surface area contributed by atoms with Crippen LogP contribution in [0.3, 0.4) is 0 Å². The SMILES string of the molecule is CC1CN(c2nn(PI)c3cc(Cl)ncc23)CC1O. The molecule has 3 rings (SSSR count). The number of aliphatic hydroxyl groups excluding tert-OH is 1. The van der Waals surface area contributed by atoms with Crippen molar-refractivity contribution >= 4 is 56.7 Å². The summed E-state index contributed by atoms with van der Waals surface area (Å²) in [6.45, 7) is 3.50. The van der Waals surface area contributed by atoms with E-state index in [1.165, 1.54) is 0 Å². The van der Waals surface area contributed by atoms with Crippen LogP contribution in [0.5, 0.6) is 0 Å². The fourth-order valence-corrected chi connectivity index (χ4v) is 4.05. The van der Waals surface area contributed by atoms with Crippen molar-refractivity contribution < 1.29 is 5.11 Å². The third-order valence-electron chi connectivity index (χ3n) is 3.46. The van der Waals surface area contributed by atoms with Crippen LogP contribution >= 0.6 is 40.0 Å². The smallest absolute Gasteiger partial charge is 0.160 e. The molecular formula is C11H13ClIN4OP. The average Bonchev–Trinajstić information content (AvgIpc) is 2.90. The van der Waals surface area contributed by atoms with Gasteiger partial charge in [0.25, 0.3) is 0 Å². The molecule has 0 aliphatic carbocycles. The van der Waals surface area contributed by atoms with E-state index in [0.717, 1.165) is 23.3 Å². The molecular weight excluding hydrogens is 397 g/mol. The van der Waals surface area contributed by atoms with Crippen LogP contribution in [0, 0.1) is 5.92 Å². The highest BCUT2D eigenvalue weighted by atomic mass is 127. The highest BCUT2D eigenvalue weighted by Gasteiger charge is 2.30. The summed E-state index contributed by atoms with van der Waals surface area (Å²) >= 11 is 8.25. The first-order valence-electron chi connectivity index (χ1n) is 5.94. The molecule has 0 radical (unpaired) electrons. The minimum atomic E-state index is -0.289. The van der Waals surface area contributed by atoms with Crippen molar-refractivity contribution in [2.24, 2.45) is 5.92 Å². The molecule has 19 heavy (non-hydrogen) atoms. The summed E-state index contributed by atoms with van der Waals surface area (Å²) < 4.78 is 1.94. The fraction of sp³-hybridized carbons (Fsp3) is 0.455. The van der Waals surface area contributed by atoms with Crippen LogP contribution in [0.4, 0.5) is 5.82 Å². The Balaban J connectivity index is 2.09. The first kappa shape index (κ1) is 13.8.